The Balaban J connectivity index is 1.61. The second kappa shape index (κ2) is 9.09. The highest BCUT2D eigenvalue weighted by Gasteiger charge is 2.26. The molecule has 4 nitrogen and oxygen atoms in total. The number of rotatable bonds is 5. The van der Waals surface area contributed by atoms with E-state index >= 15 is 0 Å². The molecule has 0 aromatic heterocycles. The van der Waals surface area contributed by atoms with Gasteiger partial charge in [0.2, 0.25) is 0 Å². The number of ether oxygens (including phenoxy) is 1. The van der Waals surface area contributed by atoms with Gasteiger partial charge in [0.25, 0.3) is 5.91 Å². The molecular weight excluding hydrogens is 332 g/mol. The predicted octanol–water partition coefficient (Wildman–Crippen LogP) is 4.71. The molecule has 0 spiro atoms. The minimum atomic E-state index is -0.118. The van der Waals surface area contributed by atoms with Gasteiger partial charge in [-0.25, -0.2) is 0 Å². The van der Waals surface area contributed by atoms with Crippen LogP contribution in [0.3, 0.4) is 0 Å². The molecule has 1 saturated heterocycles. The molecule has 0 atom stereocenters. The highest BCUT2D eigenvalue weighted by Crippen LogP contribution is 2.31. The Labute approximate surface area is 154 Å². The highest BCUT2D eigenvalue weighted by atomic mass is 32.2. The first-order valence-electron chi connectivity index (χ1n) is 9.26. The average molecular weight is 359 g/mol. The summed E-state index contributed by atoms with van der Waals surface area (Å²) in [4.78, 5) is 19.5. The van der Waals surface area contributed by atoms with E-state index in [0.717, 1.165) is 49.0 Å². The van der Waals surface area contributed by atoms with Crippen LogP contribution < -0.4 is 4.74 Å². The van der Waals surface area contributed by atoms with Crippen molar-refractivity contribution >= 4 is 28.9 Å². The molecule has 0 radical (unpaired) electrons. The largest absolute Gasteiger partial charge is 0.494 e. The minimum Gasteiger partial charge on any atom is -0.494 e. The molecule has 0 aliphatic carbocycles. The summed E-state index contributed by atoms with van der Waals surface area (Å²) < 4.78 is 5.68. The fraction of sp³-hybridized carbons (Fsp3) is 0.500. The van der Waals surface area contributed by atoms with E-state index in [4.69, 9.17) is 4.74 Å². The number of thioether (sulfide) groups is 1. The van der Waals surface area contributed by atoms with Crippen LogP contribution in [-0.4, -0.2) is 35.7 Å². The number of hydrogen-bond acceptors (Lipinski definition) is 4. The van der Waals surface area contributed by atoms with Crippen molar-refractivity contribution < 1.29 is 9.53 Å². The minimum absolute atomic E-state index is 0.118. The number of amidine groups is 1. The smallest absolute Gasteiger partial charge is 0.286 e. The lowest BCUT2D eigenvalue weighted by Gasteiger charge is -2.20. The predicted molar refractivity (Wildman–Crippen MR) is 105 cm³/mol. The second-order valence-electron chi connectivity index (χ2n) is 6.48. The van der Waals surface area contributed by atoms with Gasteiger partial charge in [-0.2, -0.15) is 4.99 Å². The maximum atomic E-state index is 12.2. The zero-order valence-corrected chi connectivity index (χ0v) is 15.7. The molecular formula is C20H26N2O2S. The van der Waals surface area contributed by atoms with Crippen molar-refractivity contribution in [3.05, 3.63) is 34.7 Å². The Morgan fingerprint density at radius 2 is 1.88 bits per heavy atom. The number of carbonyl (C=O) groups excluding carboxylic acids is 1. The maximum absolute atomic E-state index is 12.2. The molecule has 1 aromatic rings. The van der Waals surface area contributed by atoms with E-state index < -0.39 is 0 Å². The quantitative estimate of drug-likeness (QED) is 0.564. The summed E-state index contributed by atoms with van der Waals surface area (Å²) in [7, 11) is 0. The summed E-state index contributed by atoms with van der Waals surface area (Å²) in [6, 6.07) is 7.91. The Bertz CT molecular complexity index is 644. The first kappa shape index (κ1) is 18.1. The third kappa shape index (κ3) is 5.11. The molecule has 134 valence electrons. The van der Waals surface area contributed by atoms with Crippen LogP contribution in [0.1, 0.15) is 51.0 Å². The van der Waals surface area contributed by atoms with Crippen LogP contribution in [0, 0.1) is 0 Å². The zero-order valence-electron chi connectivity index (χ0n) is 14.9. The summed E-state index contributed by atoms with van der Waals surface area (Å²) in [5, 5.41) is 0.873. The van der Waals surface area contributed by atoms with E-state index in [2.05, 4.69) is 16.8 Å². The molecule has 5 heteroatoms. The normalized spacial score (nSPS) is 19.9. The number of benzene rings is 1. The molecule has 0 unspecified atom stereocenters. The number of unbranched alkanes of at least 4 members (excludes halogenated alkanes) is 1. The first-order chi connectivity index (χ1) is 12.3. The van der Waals surface area contributed by atoms with Crippen LogP contribution >= 0.6 is 11.8 Å². The molecule has 0 saturated carbocycles. The standard InChI is InChI=1S/C20H26N2O2S/c1-2-3-14-24-17-10-8-16(9-11-17)15-18-19(23)21-20(25-18)22-12-6-4-5-7-13-22/h8-11,15H,2-7,12-14H2,1H3/b18-15+. The number of nitrogens with zero attached hydrogens (tertiary/aromatic N) is 2. The van der Waals surface area contributed by atoms with Crippen molar-refractivity contribution in [2.75, 3.05) is 19.7 Å². The summed E-state index contributed by atoms with van der Waals surface area (Å²) in [6.07, 6.45) is 9.04. The van der Waals surface area contributed by atoms with Crippen LogP contribution in [0.5, 0.6) is 5.75 Å². The topological polar surface area (TPSA) is 41.9 Å². The van der Waals surface area contributed by atoms with Crippen molar-refractivity contribution in [2.24, 2.45) is 4.99 Å². The average Bonchev–Trinajstić information content (AvgIpc) is 2.83. The van der Waals surface area contributed by atoms with Gasteiger partial charge in [0.05, 0.1) is 11.5 Å². The molecule has 2 aliphatic heterocycles. The summed E-state index contributed by atoms with van der Waals surface area (Å²) >= 11 is 1.51. The second-order valence-corrected chi connectivity index (χ2v) is 7.49. The van der Waals surface area contributed by atoms with E-state index in [0.29, 0.717) is 4.91 Å². The van der Waals surface area contributed by atoms with Gasteiger partial charge >= 0.3 is 0 Å². The number of aliphatic imine (C=N–C) groups is 1. The van der Waals surface area contributed by atoms with Gasteiger partial charge in [0.1, 0.15) is 5.75 Å². The van der Waals surface area contributed by atoms with Crippen molar-refractivity contribution in [1.29, 1.82) is 0 Å². The third-order valence-corrected chi connectivity index (χ3v) is 5.47. The molecule has 0 N–H and O–H groups in total. The van der Waals surface area contributed by atoms with E-state index in [-0.39, 0.29) is 5.91 Å². The maximum Gasteiger partial charge on any atom is 0.286 e. The molecule has 1 aromatic carbocycles. The monoisotopic (exact) mass is 358 g/mol. The Kier molecular flexibility index (Phi) is 6.56. The summed E-state index contributed by atoms with van der Waals surface area (Å²) in [6.45, 7) is 4.92. The Morgan fingerprint density at radius 3 is 2.56 bits per heavy atom. The van der Waals surface area contributed by atoms with Gasteiger partial charge in [0.15, 0.2) is 5.17 Å². The Hall–Kier alpha value is -1.75. The fourth-order valence-corrected chi connectivity index (χ4v) is 3.91. The van der Waals surface area contributed by atoms with Crippen molar-refractivity contribution in [2.45, 2.75) is 45.4 Å². The molecule has 1 amide bonds. The van der Waals surface area contributed by atoms with E-state index in [1.54, 1.807) is 0 Å². The van der Waals surface area contributed by atoms with E-state index in [9.17, 15) is 4.79 Å². The summed E-state index contributed by atoms with van der Waals surface area (Å²) in [5.41, 5.74) is 1.01. The lowest BCUT2D eigenvalue weighted by molar-refractivity contribution is -0.113. The fourth-order valence-electron chi connectivity index (χ4n) is 2.94. The van der Waals surface area contributed by atoms with Crippen molar-refractivity contribution in [1.82, 2.24) is 4.90 Å². The van der Waals surface area contributed by atoms with Crippen molar-refractivity contribution in [3.8, 4) is 5.75 Å². The van der Waals surface area contributed by atoms with Crippen molar-refractivity contribution in [3.63, 3.8) is 0 Å². The molecule has 2 heterocycles. The van der Waals surface area contributed by atoms with Gasteiger partial charge in [0, 0.05) is 13.1 Å². The molecule has 3 rings (SSSR count). The van der Waals surface area contributed by atoms with Crippen LogP contribution in [-0.2, 0) is 4.79 Å². The summed E-state index contributed by atoms with van der Waals surface area (Å²) in [5.74, 6) is 0.759. The molecule has 25 heavy (non-hydrogen) atoms. The number of amides is 1. The number of likely N-dealkylation sites (tertiary alicyclic amines) is 1. The lowest BCUT2D eigenvalue weighted by atomic mass is 10.2. The van der Waals surface area contributed by atoms with Gasteiger partial charge < -0.3 is 9.64 Å². The van der Waals surface area contributed by atoms with Crippen LogP contribution in [0.15, 0.2) is 34.2 Å². The van der Waals surface area contributed by atoms with Gasteiger partial charge in [-0.1, -0.05) is 38.3 Å². The van der Waals surface area contributed by atoms with Crippen LogP contribution in [0.25, 0.3) is 6.08 Å². The first-order valence-corrected chi connectivity index (χ1v) is 10.1. The molecule has 1 fully saturated rings. The van der Waals surface area contributed by atoms with E-state index in [1.165, 1.54) is 37.4 Å². The van der Waals surface area contributed by atoms with Crippen LogP contribution in [0.4, 0.5) is 0 Å². The van der Waals surface area contributed by atoms with Gasteiger partial charge in [-0.15, -0.1) is 0 Å². The highest BCUT2D eigenvalue weighted by molar-refractivity contribution is 8.18. The lowest BCUT2D eigenvalue weighted by Crippen LogP contribution is -2.28. The molecule has 2 aliphatic rings. The SMILES string of the molecule is CCCCOc1ccc(/C=C2/SC(N3CCCCCC3)=NC2=O)cc1. The number of carbonyl (C=O) groups is 1. The number of hydrogen-bond donors (Lipinski definition) is 0. The van der Waals surface area contributed by atoms with Crippen LogP contribution in [0.2, 0.25) is 0 Å². The molecule has 0 bridgehead atoms. The van der Waals surface area contributed by atoms with Gasteiger partial charge in [-0.3, -0.25) is 4.79 Å². The van der Waals surface area contributed by atoms with E-state index in [1.807, 2.05) is 30.3 Å². The zero-order chi connectivity index (χ0) is 17.5. The van der Waals surface area contributed by atoms with Gasteiger partial charge in [-0.05, 0) is 54.8 Å². The Morgan fingerprint density at radius 1 is 1.16 bits per heavy atom. The third-order valence-electron chi connectivity index (χ3n) is 4.43.